The normalized spacial score (nSPS) is 10.4. The second kappa shape index (κ2) is 4.64. The van der Waals surface area contributed by atoms with Crippen LogP contribution in [0.5, 0.6) is 0 Å². The van der Waals surface area contributed by atoms with Gasteiger partial charge >= 0.3 is 0 Å². The molecule has 3 heteroatoms. The van der Waals surface area contributed by atoms with E-state index in [-0.39, 0.29) is 5.82 Å². The molecular weight excluding hydrogens is 225 g/mol. The number of hydrogen-bond donors (Lipinski definition) is 1. The third kappa shape index (κ3) is 2.08. The summed E-state index contributed by atoms with van der Waals surface area (Å²) in [5.74, 6) is -0.243. The van der Waals surface area contributed by atoms with Crippen LogP contribution in [0.1, 0.15) is 5.56 Å². The molecule has 2 aromatic carbocycles. The molecule has 82 valence electrons. The summed E-state index contributed by atoms with van der Waals surface area (Å²) in [6.45, 7) is 0.348. The van der Waals surface area contributed by atoms with Crippen molar-refractivity contribution >= 4 is 11.6 Å². The SMILES string of the molecule is NCc1cc(-c2ccccc2F)ccc1Cl. The van der Waals surface area contributed by atoms with Gasteiger partial charge in [-0.25, -0.2) is 4.39 Å². The van der Waals surface area contributed by atoms with Gasteiger partial charge in [0, 0.05) is 17.1 Å². The van der Waals surface area contributed by atoms with E-state index in [0.29, 0.717) is 17.1 Å². The Bertz CT molecular complexity index is 511. The fraction of sp³-hybridized carbons (Fsp3) is 0.0769. The van der Waals surface area contributed by atoms with Crippen LogP contribution >= 0.6 is 11.6 Å². The summed E-state index contributed by atoms with van der Waals surface area (Å²) < 4.78 is 13.5. The molecule has 0 fully saturated rings. The van der Waals surface area contributed by atoms with Crippen LogP contribution in [0.25, 0.3) is 11.1 Å². The van der Waals surface area contributed by atoms with Crippen LogP contribution in [0.4, 0.5) is 4.39 Å². The van der Waals surface area contributed by atoms with Gasteiger partial charge in [-0.3, -0.25) is 0 Å². The standard InChI is InChI=1S/C13H11ClFN/c14-12-6-5-9(7-10(12)8-16)11-3-1-2-4-13(11)15/h1-7H,8,16H2. The van der Waals surface area contributed by atoms with Gasteiger partial charge in [0.2, 0.25) is 0 Å². The van der Waals surface area contributed by atoms with Gasteiger partial charge in [0.15, 0.2) is 0 Å². The molecule has 0 saturated carbocycles. The highest BCUT2D eigenvalue weighted by Crippen LogP contribution is 2.26. The van der Waals surface area contributed by atoms with Crippen LogP contribution in [0.15, 0.2) is 42.5 Å². The molecule has 0 bridgehead atoms. The molecule has 0 aliphatic rings. The van der Waals surface area contributed by atoms with Gasteiger partial charge in [0.1, 0.15) is 5.82 Å². The van der Waals surface area contributed by atoms with Crippen molar-refractivity contribution in [3.8, 4) is 11.1 Å². The summed E-state index contributed by atoms with van der Waals surface area (Å²) in [5.41, 5.74) is 7.74. The van der Waals surface area contributed by atoms with Crippen molar-refractivity contribution < 1.29 is 4.39 Å². The van der Waals surface area contributed by atoms with Crippen molar-refractivity contribution in [2.75, 3.05) is 0 Å². The highest BCUT2D eigenvalue weighted by molar-refractivity contribution is 6.31. The minimum atomic E-state index is -0.243. The first kappa shape index (κ1) is 11.1. The number of hydrogen-bond acceptors (Lipinski definition) is 1. The summed E-state index contributed by atoms with van der Waals surface area (Å²) in [6.07, 6.45) is 0. The first-order valence-corrected chi connectivity index (χ1v) is 5.33. The van der Waals surface area contributed by atoms with Gasteiger partial charge in [-0.2, -0.15) is 0 Å². The van der Waals surface area contributed by atoms with E-state index in [1.165, 1.54) is 6.07 Å². The third-order valence-corrected chi connectivity index (χ3v) is 2.82. The average molecular weight is 236 g/mol. The van der Waals surface area contributed by atoms with Gasteiger partial charge in [0.05, 0.1) is 0 Å². The van der Waals surface area contributed by atoms with E-state index in [1.54, 1.807) is 30.3 Å². The molecule has 2 N–H and O–H groups in total. The zero-order valence-corrected chi connectivity index (χ0v) is 9.34. The highest BCUT2D eigenvalue weighted by Gasteiger charge is 2.06. The van der Waals surface area contributed by atoms with Crippen LogP contribution < -0.4 is 5.73 Å². The van der Waals surface area contributed by atoms with E-state index >= 15 is 0 Å². The predicted octanol–water partition coefficient (Wildman–Crippen LogP) is 3.60. The highest BCUT2D eigenvalue weighted by atomic mass is 35.5. The summed E-state index contributed by atoms with van der Waals surface area (Å²) in [6, 6.07) is 12.0. The van der Waals surface area contributed by atoms with Crippen molar-refractivity contribution in [3.63, 3.8) is 0 Å². The topological polar surface area (TPSA) is 26.0 Å². The van der Waals surface area contributed by atoms with Gasteiger partial charge in [-0.1, -0.05) is 35.9 Å². The molecule has 0 unspecified atom stereocenters. The van der Waals surface area contributed by atoms with E-state index in [1.807, 2.05) is 6.07 Å². The first-order chi connectivity index (χ1) is 7.72. The first-order valence-electron chi connectivity index (χ1n) is 4.96. The monoisotopic (exact) mass is 235 g/mol. The van der Waals surface area contributed by atoms with Crippen LogP contribution in [0.3, 0.4) is 0 Å². The van der Waals surface area contributed by atoms with Gasteiger partial charge < -0.3 is 5.73 Å². The predicted molar refractivity (Wildman–Crippen MR) is 64.7 cm³/mol. The van der Waals surface area contributed by atoms with E-state index < -0.39 is 0 Å². The summed E-state index contributed by atoms with van der Waals surface area (Å²) >= 11 is 5.95. The Balaban J connectivity index is 2.53. The van der Waals surface area contributed by atoms with E-state index in [0.717, 1.165) is 11.1 Å². The molecule has 0 radical (unpaired) electrons. The second-order valence-corrected chi connectivity index (χ2v) is 3.90. The fourth-order valence-electron chi connectivity index (χ4n) is 1.59. The summed E-state index contributed by atoms with van der Waals surface area (Å²) in [7, 11) is 0. The minimum Gasteiger partial charge on any atom is -0.326 e. The smallest absolute Gasteiger partial charge is 0.131 e. The molecule has 0 spiro atoms. The molecule has 0 aliphatic heterocycles. The Morgan fingerprint density at radius 2 is 1.88 bits per heavy atom. The Labute approximate surface area is 98.7 Å². The van der Waals surface area contributed by atoms with Crippen LogP contribution in [0.2, 0.25) is 5.02 Å². The van der Waals surface area contributed by atoms with Crippen LogP contribution in [-0.4, -0.2) is 0 Å². The molecule has 1 nitrogen and oxygen atoms in total. The van der Waals surface area contributed by atoms with E-state index in [2.05, 4.69) is 0 Å². The molecule has 2 rings (SSSR count). The largest absolute Gasteiger partial charge is 0.326 e. The summed E-state index contributed by atoms with van der Waals surface area (Å²) in [5, 5.41) is 0.614. The molecule has 2 aromatic rings. The van der Waals surface area contributed by atoms with Crippen molar-refractivity contribution in [3.05, 3.63) is 58.9 Å². The van der Waals surface area contributed by atoms with E-state index in [4.69, 9.17) is 17.3 Å². The van der Waals surface area contributed by atoms with Crippen molar-refractivity contribution in [2.45, 2.75) is 6.54 Å². The lowest BCUT2D eigenvalue weighted by Crippen LogP contribution is -1.97. The van der Waals surface area contributed by atoms with Crippen LogP contribution in [0, 0.1) is 5.82 Å². The fourth-order valence-corrected chi connectivity index (χ4v) is 1.79. The average Bonchev–Trinajstić information content (AvgIpc) is 2.31. The maximum atomic E-state index is 13.5. The molecule has 0 atom stereocenters. The van der Waals surface area contributed by atoms with E-state index in [9.17, 15) is 4.39 Å². The molecule has 16 heavy (non-hydrogen) atoms. The van der Waals surface area contributed by atoms with Gasteiger partial charge in [-0.05, 0) is 29.3 Å². The van der Waals surface area contributed by atoms with Crippen molar-refractivity contribution in [1.82, 2.24) is 0 Å². The lowest BCUT2D eigenvalue weighted by Gasteiger charge is -2.06. The van der Waals surface area contributed by atoms with Gasteiger partial charge in [-0.15, -0.1) is 0 Å². The maximum absolute atomic E-state index is 13.5. The Morgan fingerprint density at radius 3 is 2.56 bits per heavy atom. The van der Waals surface area contributed by atoms with Gasteiger partial charge in [0.25, 0.3) is 0 Å². The molecule has 0 aromatic heterocycles. The number of nitrogens with two attached hydrogens (primary N) is 1. The number of halogens is 2. The Morgan fingerprint density at radius 1 is 1.12 bits per heavy atom. The number of rotatable bonds is 2. The third-order valence-electron chi connectivity index (χ3n) is 2.45. The van der Waals surface area contributed by atoms with Crippen molar-refractivity contribution in [1.29, 1.82) is 0 Å². The lowest BCUT2D eigenvalue weighted by molar-refractivity contribution is 0.631. The zero-order chi connectivity index (χ0) is 11.5. The zero-order valence-electron chi connectivity index (χ0n) is 8.58. The molecule has 0 heterocycles. The minimum absolute atomic E-state index is 0.243. The maximum Gasteiger partial charge on any atom is 0.131 e. The van der Waals surface area contributed by atoms with Crippen molar-refractivity contribution in [2.24, 2.45) is 5.73 Å². The van der Waals surface area contributed by atoms with Crippen LogP contribution in [-0.2, 0) is 6.54 Å². The molecular formula is C13H11ClFN. The Kier molecular flexibility index (Phi) is 3.22. The molecule has 0 aliphatic carbocycles. The lowest BCUT2D eigenvalue weighted by atomic mass is 10.0. The summed E-state index contributed by atoms with van der Waals surface area (Å²) in [4.78, 5) is 0. The molecule has 0 amide bonds. The quantitative estimate of drug-likeness (QED) is 0.846. The number of benzene rings is 2. The molecule has 0 saturated heterocycles. The second-order valence-electron chi connectivity index (χ2n) is 3.49. The Hall–Kier alpha value is -1.38.